The first-order chi connectivity index (χ1) is 23.3. The molecule has 0 saturated heterocycles. The van der Waals surface area contributed by atoms with Crippen molar-refractivity contribution < 1.29 is 14.5 Å². The largest absolute Gasteiger partial charge is 0.480 e. The number of carboxylic acid groups (broad SMARTS) is 1. The number of rotatable bonds is 13. The van der Waals surface area contributed by atoms with Gasteiger partial charge in [-0.25, -0.2) is 0 Å². The Hall–Kier alpha value is -3.86. The van der Waals surface area contributed by atoms with Crippen molar-refractivity contribution in [1.82, 2.24) is 5.32 Å². The van der Waals surface area contributed by atoms with Crippen LogP contribution in [0.15, 0.2) is 83.2 Å². The lowest BCUT2D eigenvalue weighted by molar-refractivity contribution is -0.438. The molecular weight excluding hydrogens is 603 g/mol. The highest BCUT2D eigenvalue weighted by atomic mass is 16.4. The third-order valence-electron chi connectivity index (χ3n) is 10.9. The van der Waals surface area contributed by atoms with Crippen molar-refractivity contribution in [1.29, 1.82) is 0 Å². The molecule has 0 amide bonds. The number of hydrogen-bond acceptors (Lipinski definition) is 3. The number of carboxylic acids is 1. The van der Waals surface area contributed by atoms with E-state index in [0.29, 0.717) is 0 Å². The number of aryl methyl sites for hydroxylation is 2. The standard InChI is InChI=1S/C44H58N3O2/c1-10-13-26-46-37-22-18-30(4)28-34(37)43(6,7)39(46)24-20-32-16-15-17-33(41(32)45-36(12-3)42(48)49)21-25-40-44(8,9)35-29-31(5)19-23-38(35)47(40)27-14-11-2/h18-25,28-29,36H,3,10-17,26-27H2,1-2,4-9H3,(H,48,49)/q-1/p+1/b32-20+,39-24-. The van der Waals surface area contributed by atoms with E-state index in [1.54, 1.807) is 0 Å². The summed E-state index contributed by atoms with van der Waals surface area (Å²) in [6, 6.07) is 12.9. The Balaban J connectivity index is 1.61. The summed E-state index contributed by atoms with van der Waals surface area (Å²) in [7, 11) is 0. The Kier molecular flexibility index (Phi) is 11.1. The zero-order valence-electron chi connectivity index (χ0n) is 31.4. The molecule has 3 aliphatic rings. The van der Waals surface area contributed by atoms with E-state index in [0.717, 1.165) is 74.9 Å². The molecule has 2 N–H and O–H groups in total. The summed E-state index contributed by atoms with van der Waals surface area (Å²) in [6.45, 7) is 24.1. The van der Waals surface area contributed by atoms with Crippen LogP contribution in [0.5, 0.6) is 0 Å². The number of allylic oxidation sites excluding steroid dienone is 7. The molecule has 0 fully saturated rings. The summed E-state index contributed by atoms with van der Waals surface area (Å²) in [6.07, 6.45) is 16.7. The molecule has 0 radical (unpaired) electrons. The second-order valence-electron chi connectivity index (χ2n) is 15.3. The van der Waals surface area contributed by atoms with E-state index in [1.807, 2.05) is 0 Å². The molecule has 0 bridgehead atoms. The normalized spacial score (nSPS) is 20.5. The van der Waals surface area contributed by atoms with Crippen molar-refractivity contribution in [3.05, 3.63) is 112 Å². The predicted molar refractivity (Wildman–Crippen MR) is 206 cm³/mol. The van der Waals surface area contributed by atoms with E-state index < -0.39 is 12.0 Å². The molecule has 2 heterocycles. The maximum atomic E-state index is 12.3. The first-order valence-electron chi connectivity index (χ1n) is 18.6. The number of nitrogens with zero attached hydrogens (tertiary/aromatic N) is 2. The van der Waals surface area contributed by atoms with Crippen LogP contribution in [0.3, 0.4) is 0 Å². The fraction of sp³-hybridized carbons (Fsp3) is 0.477. The quantitative estimate of drug-likeness (QED) is 0.166. The highest BCUT2D eigenvalue weighted by molar-refractivity contribution is 6.03. The molecule has 2 aromatic carbocycles. The average Bonchev–Trinajstić information content (AvgIpc) is 3.40. The van der Waals surface area contributed by atoms with Crippen LogP contribution in [0.4, 0.5) is 11.4 Å². The van der Waals surface area contributed by atoms with Gasteiger partial charge in [0, 0.05) is 53.2 Å². The van der Waals surface area contributed by atoms with E-state index in [2.05, 4.69) is 138 Å². The maximum absolute atomic E-state index is 12.3. The smallest absolute Gasteiger partial charge is 0.323 e. The zero-order valence-corrected chi connectivity index (χ0v) is 31.4. The minimum Gasteiger partial charge on any atom is -0.480 e. The summed E-state index contributed by atoms with van der Waals surface area (Å²) in [5, 5.41) is 13.6. The summed E-state index contributed by atoms with van der Waals surface area (Å²) >= 11 is 0. The lowest BCUT2D eigenvalue weighted by Crippen LogP contribution is -2.37. The number of carbonyl (C=O) groups is 1. The Labute approximate surface area is 296 Å². The van der Waals surface area contributed by atoms with E-state index in [-0.39, 0.29) is 17.3 Å². The van der Waals surface area contributed by atoms with Crippen LogP contribution in [0, 0.1) is 20.8 Å². The van der Waals surface area contributed by atoms with Crippen LogP contribution >= 0.6 is 0 Å². The van der Waals surface area contributed by atoms with Crippen LogP contribution in [0.25, 0.3) is 0 Å². The molecule has 0 saturated carbocycles. The summed E-state index contributed by atoms with van der Waals surface area (Å²) in [5.41, 5.74) is 13.5. The van der Waals surface area contributed by atoms with Gasteiger partial charge in [0.25, 0.3) is 0 Å². The Morgan fingerprint density at radius 2 is 1.65 bits per heavy atom. The molecule has 1 atom stereocenters. The van der Waals surface area contributed by atoms with Gasteiger partial charge in [0.05, 0.1) is 11.5 Å². The molecule has 49 heavy (non-hydrogen) atoms. The first kappa shape index (κ1) is 36.4. The van der Waals surface area contributed by atoms with Crippen LogP contribution in [0.2, 0.25) is 0 Å². The number of hydrogen-bond donors (Lipinski definition) is 2. The first-order valence-corrected chi connectivity index (χ1v) is 18.6. The van der Waals surface area contributed by atoms with E-state index >= 15 is 0 Å². The molecule has 5 rings (SSSR count). The predicted octanol–water partition coefficient (Wildman–Crippen LogP) is 10.1. The van der Waals surface area contributed by atoms with Gasteiger partial charge in [-0.2, -0.15) is 11.0 Å². The van der Waals surface area contributed by atoms with Crippen molar-refractivity contribution in [2.75, 3.05) is 18.0 Å². The van der Waals surface area contributed by atoms with Crippen LogP contribution in [0.1, 0.15) is 115 Å². The van der Waals surface area contributed by atoms with Gasteiger partial charge in [-0.05, 0) is 88.3 Å². The second-order valence-corrected chi connectivity index (χ2v) is 15.3. The molecule has 5 nitrogen and oxygen atoms in total. The van der Waals surface area contributed by atoms with E-state index in [4.69, 9.17) is 0 Å². The average molecular weight is 662 g/mol. The van der Waals surface area contributed by atoms with Crippen molar-refractivity contribution in [3.63, 3.8) is 0 Å². The third kappa shape index (κ3) is 7.23. The maximum Gasteiger partial charge on any atom is 0.323 e. The van der Waals surface area contributed by atoms with E-state index in [9.17, 15) is 9.90 Å². The lowest BCUT2D eigenvalue weighted by atomic mass is 9.80. The Morgan fingerprint density at radius 1 is 0.959 bits per heavy atom. The number of aliphatic carboxylic acids is 1. The molecule has 0 spiro atoms. The molecule has 2 aliphatic heterocycles. The van der Waals surface area contributed by atoms with Gasteiger partial charge >= 0.3 is 5.97 Å². The van der Waals surface area contributed by atoms with Gasteiger partial charge in [0.15, 0.2) is 5.71 Å². The fourth-order valence-electron chi connectivity index (χ4n) is 7.93. The van der Waals surface area contributed by atoms with Crippen LogP contribution in [-0.2, 0) is 15.6 Å². The van der Waals surface area contributed by atoms with Gasteiger partial charge in [-0.15, -0.1) is 0 Å². The molecule has 1 aliphatic carbocycles. The fourth-order valence-corrected chi connectivity index (χ4v) is 7.93. The molecule has 1 unspecified atom stereocenters. The summed E-state index contributed by atoms with van der Waals surface area (Å²) in [4.78, 5) is 14.8. The number of nitrogens with one attached hydrogen (secondary N) is 1. The van der Waals surface area contributed by atoms with Crippen molar-refractivity contribution in [2.24, 2.45) is 0 Å². The molecule has 5 heteroatoms. The summed E-state index contributed by atoms with van der Waals surface area (Å²) < 4.78 is 2.51. The van der Waals surface area contributed by atoms with Crippen LogP contribution < -0.4 is 10.2 Å². The topological polar surface area (TPSA) is 55.6 Å². The highest BCUT2D eigenvalue weighted by Gasteiger charge is 2.44. The molecule has 2 aromatic rings. The molecule has 262 valence electrons. The van der Waals surface area contributed by atoms with Gasteiger partial charge < -0.3 is 22.2 Å². The van der Waals surface area contributed by atoms with Crippen molar-refractivity contribution >= 4 is 23.1 Å². The van der Waals surface area contributed by atoms with Crippen molar-refractivity contribution in [3.8, 4) is 0 Å². The zero-order chi connectivity index (χ0) is 35.5. The van der Waals surface area contributed by atoms with Crippen molar-refractivity contribution in [2.45, 2.75) is 124 Å². The molecular formula is C44H59N3O2. The lowest BCUT2D eigenvalue weighted by Gasteiger charge is -2.29. The Bertz CT molecular complexity index is 1730. The number of fused-ring (bicyclic) bond motifs is 2. The molecule has 0 aromatic heterocycles. The number of unbranched alkanes of at least 4 members (excludes halogenated alkanes) is 2. The minimum absolute atomic E-state index is 0.141. The third-order valence-corrected chi connectivity index (χ3v) is 10.9. The minimum atomic E-state index is -0.870. The van der Waals surface area contributed by atoms with Gasteiger partial charge in [-0.1, -0.05) is 82.0 Å². The van der Waals surface area contributed by atoms with Crippen LogP contribution in [-0.4, -0.2) is 40.5 Å². The van der Waals surface area contributed by atoms with Gasteiger partial charge in [0.2, 0.25) is 5.69 Å². The van der Waals surface area contributed by atoms with Gasteiger partial charge in [-0.3, -0.25) is 4.79 Å². The number of anilines is 1. The van der Waals surface area contributed by atoms with E-state index in [1.165, 1.54) is 45.0 Å². The number of benzene rings is 2. The van der Waals surface area contributed by atoms with Gasteiger partial charge in [0.1, 0.15) is 6.54 Å². The Morgan fingerprint density at radius 3 is 2.33 bits per heavy atom. The second kappa shape index (κ2) is 14.9. The summed E-state index contributed by atoms with van der Waals surface area (Å²) in [5.74, 6) is -0.870. The SMILES string of the molecule is [CH2-]CC(NC1=C(/C=C/C2=[N+](CCCC)c3ccc(C)cc3C2(C)C)CCC/C1=C\C=C1/N(CCCC)c2ccc(C)cc2C1(C)C)C(=O)O. The monoisotopic (exact) mass is 661 g/mol. The highest BCUT2D eigenvalue weighted by Crippen LogP contribution is 2.48.